The number of amides is 1. The normalized spacial score (nSPS) is 20.1. The molecule has 0 aromatic heterocycles. The van der Waals surface area contributed by atoms with Crippen LogP contribution in [-0.2, 0) is 4.79 Å². The number of carbonyl (C=O) groups is 1. The highest BCUT2D eigenvalue weighted by Gasteiger charge is 2.22. The van der Waals surface area contributed by atoms with E-state index in [-0.39, 0.29) is 6.17 Å². The van der Waals surface area contributed by atoms with Gasteiger partial charge in [-0.25, -0.2) is 0 Å². The molecule has 2 rings (SSSR count). The zero-order valence-electron chi connectivity index (χ0n) is 10.3. The number of anilines is 1. The third-order valence-corrected chi connectivity index (χ3v) is 3.95. The molecule has 4 heteroatoms. The van der Waals surface area contributed by atoms with Gasteiger partial charge in [0.2, 0.25) is 6.41 Å². The molecule has 1 aliphatic heterocycles. The van der Waals surface area contributed by atoms with Gasteiger partial charge in [0.1, 0.15) is 6.17 Å². The van der Waals surface area contributed by atoms with Crippen LogP contribution in [-0.4, -0.2) is 30.6 Å². The van der Waals surface area contributed by atoms with Crippen molar-refractivity contribution in [2.75, 3.05) is 23.0 Å². The standard InChI is InChI=1S/C13H18N2OS/c1-10-5-11(2)7-12(6-10)15-3-4-17-8-13(15)14-9-16/h5-7,9,13H,3-4,8H2,1-2H3,(H,14,16). The van der Waals surface area contributed by atoms with Gasteiger partial charge >= 0.3 is 0 Å². The van der Waals surface area contributed by atoms with Gasteiger partial charge in [0.05, 0.1) is 0 Å². The zero-order chi connectivity index (χ0) is 12.3. The van der Waals surface area contributed by atoms with E-state index in [1.165, 1.54) is 16.8 Å². The van der Waals surface area contributed by atoms with Crippen LogP contribution in [0.5, 0.6) is 0 Å². The Morgan fingerprint density at radius 1 is 1.35 bits per heavy atom. The maximum Gasteiger partial charge on any atom is 0.208 e. The molecule has 17 heavy (non-hydrogen) atoms. The lowest BCUT2D eigenvalue weighted by molar-refractivity contribution is -0.110. The van der Waals surface area contributed by atoms with E-state index in [9.17, 15) is 4.79 Å². The molecule has 0 aliphatic carbocycles. The average Bonchev–Trinajstić information content (AvgIpc) is 2.29. The molecule has 1 unspecified atom stereocenters. The number of hydrogen-bond acceptors (Lipinski definition) is 3. The van der Waals surface area contributed by atoms with Gasteiger partial charge < -0.3 is 10.2 Å². The Morgan fingerprint density at radius 2 is 2.06 bits per heavy atom. The van der Waals surface area contributed by atoms with E-state index in [2.05, 4.69) is 42.3 Å². The summed E-state index contributed by atoms with van der Waals surface area (Å²) < 4.78 is 0. The lowest BCUT2D eigenvalue weighted by Gasteiger charge is -2.37. The van der Waals surface area contributed by atoms with Crippen molar-refractivity contribution >= 4 is 23.9 Å². The molecule has 0 spiro atoms. The van der Waals surface area contributed by atoms with Gasteiger partial charge in [-0.15, -0.1) is 0 Å². The highest BCUT2D eigenvalue weighted by molar-refractivity contribution is 7.99. The van der Waals surface area contributed by atoms with Crippen molar-refractivity contribution in [3.63, 3.8) is 0 Å². The molecule has 1 amide bonds. The van der Waals surface area contributed by atoms with E-state index in [4.69, 9.17) is 0 Å². The topological polar surface area (TPSA) is 32.3 Å². The first kappa shape index (κ1) is 12.3. The monoisotopic (exact) mass is 250 g/mol. The van der Waals surface area contributed by atoms with Crippen molar-refractivity contribution in [3.05, 3.63) is 29.3 Å². The molecular weight excluding hydrogens is 232 g/mol. The Bertz CT molecular complexity index is 388. The van der Waals surface area contributed by atoms with Crippen molar-refractivity contribution in [2.45, 2.75) is 20.0 Å². The van der Waals surface area contributed by atoms with Crippen molar-refractivity contribution in [2.24, 2.45) is 0 Å². The first-order valence-corrected chi connectivity index (χ1v) is 6.98. The van der Waals surface area contributed by atoms with Crippen LogP contribution in [0.1, 0.15) is 11.1 Å². The Morgan fingerprint density at radius 3 is 2.71 bits per heavy atom. The van der Waals surface area contributed by atoms with Crippen molar-refractivity contribution in [1.29, 1.82) is 0 Å². The second-order valence-electron chi connectivity index (χ2n) is 4.41. The van der Waals surface area contributed by atoms with Crippen LogP contribution >= 0.6 is 11.8 Å². The zero-order valence-corrected chi connectivity index (χ0v) is 11.1. The van der Waals surface area contributed by atoms with Gasteiger partial charge in [-0.2, -0.15) is 11.8 Å². The number of aryl methyl sites for hydroxylation is 2. The minimum atomic E-state index is 0.118. The summed E-state index contributed by atoms with van der Waals surface area (Å²) in [5.74, 6) is 2.07. The van der Waals surface area contributed by atoms with E-state index < -0.39 is 0 Å². The van der Waals surface area contributed by atoms with Gasteiger partial charge in [0.15, 0.2) is 0 Å². The molecule has 1 aromatic carbocycles. The fourth-order valence-corrected chi connectivity index (χ4v) is 3.24. The lowest BCUT2D eigenvalue weighted by Crippen LogP contribution is -2.51. The molecule has 1 atom stereocenters. The van der Waals surface area contributed by atoms with Gasteiger partial charge in [0, 0.05) is 23.7 Å². The summed E-state index contributed by atoms with van der Waals surface area (Å²) in [5, 5.41) is 2.90. The minimum Gasteiger partial charge on any atom is -0.350 e. The Kier molecular flexibility index (Phi) is 3.94. The third-order valence-electron chi connectivity index (χ3n) is 2.93. The molecule has 1 heterocycles. The largest absolute Gasteiger partial charge is 0.350 e. The fourth-order valence-electron chi connectivity index (χ4n) is 2.25. The van der Waals surface area contributed by atoms with Crippen LogP contribution in [0.3, 0.4) is 0 Å². The second-order valence-corrected chi connectivity index (χ2v) is 5.56. The molecule has 1 aliphatic rings. The lowest BCUT2D eigenvalue weighted by atomic mass is 10.1. The molecule has 1 N–H and O–H groups in total. The van der Waals surface area contributed by atoms with Crippen LogP contribution in [0.2, 0.25) is 0 Å². The molecule has 3 nitrogen and oxygen atoms in total. The van der Waals surface area contributed by atoms with Crippen LogP contribution in [0, 0.1) is 13.8 Å². The smallest absolute Gasteiger partial charge is 0.208 e. The molecule has 92 valence electrons. The van der Waals surface area contributed by atoms with E-state index in [1.807, 2.05) is 11.8 Å². The van der Waals surface area contributed by atoms with E-state index in [0.717, 1.165) is 24.5 Å². The maximum absolute atomic E-state index is 10.6. The average molecular weight is 250 g/mol. The van der Waals surface area contributed by atoms with Crippen molar-refractivity contribution in [3.8, 4) is 0 Å². The van der Waals surface area contributed by atoms with Crippen LogP contribution in [0.25, 0.3) is 0 Å². The molecule has 1 fully saturated rings. The Labute approximate surface area is 107 Å². The second kappa shape index (κ2) is 5.45. The Hall–Kier alpha value is -1.16. The number of rotatable bonds is 3. The van der Waals surface area contributed by atoms with Gasteiger partial charge in [-0.3, -0.25) is 4.79 Å². The van der Waals surface area contributed by atoms with Crippen LogP contribution < -0.4 is 10.2 Å². The summed E-state index contributed by atoms with van der Waals surface area (Å²) >= 11 is 1.89. The van der Waals surface area contributed by atoms with Crippen LogP contribution in [0.4, 0.5) is 5.69 Å². The summed E-state index contributed by atoms with van der Waals surface area (Å²) in [4.78, 5) is 12.9. The quantitative estimate of drug-likeness (QED) is 0.832. The molecule has 0 bridgehead atoms. The molecular formula is C13H18N2OS. The fraction of sp³-hybridized carbons (Fsp3) is 0.462. The van der Waals surface area contributed by atoms with Gasteiger partial charge in [0.25, 0.3) is 0 Å². The number of thioether (sulfide) groups is 1. The third kappa shape index (κ3) is 2.94. The molecule has 1 aromatic rings. The minimum absolute atomic E-state index is 0.118. The summed E-state index contributed by atoms with van der Waals surface area (Å²) in [6, 6.07) is 6.54. The first-order chi connectivity index (χ1) is 8.20. The number of hydrogen-bond donors (Lipinski definition) is 1. The van der Waals surface area contributed by atoms with Crippen molar-refractivity contribution in [1.82, 2.24) is 5.32 Å². The maximum atomic E-state index is 10.6. The summed E-state index contributed by atoms with van der Waals surface area (Å²) in [6.07, 6.45) is 0.916. The summed E-state index contributed by atoms with van der Waals surface area (Å²) in [5.41, 5.74) is 3.74. The number of nitrogens with zero attached hydrogens (tertiary/aromatic N) is 1. The number of carbonyl (C=O) groups excluding carboxylic acids is 1. The highest BCUT2D eigenvalue weighted by atomic mass is 32.2. The SMILES string of the molecule is Cc1cc(C)cc(N2CCSCC2NC=O)c1. The summed E-state index contributed by atoms with van der Waals surface area (Å²) in [7, 11) is 0. The molecule has 0 saturated carbocycles. The van der Waals surface area contributed by atoms with E-state index >= 15 is 0 Å². The predicted molar refractivity (Wildman–Crippen MR) is 73.6 cm³/mol. The Balaban J connectivity index is 2.25. The van der Waals surface area contributed by atoms with Crippen LogP contribution in [0.15, 0.2) is 18.2 Å². The van der Waals surface area contributed by atoms with Crippen molar-refractivity contribution < 1.29 is 4.79 Å². The van der Waals surface area contributed by atoms with E-state index in [1.54, 1.807) is 0 Å². The molecule has 1 saturated heterocycles. The van der Waals surface area contributed by atoms with E-state index in [0.29, 0.717) is 0 Å². The highest BCUT2D eigenvalue weighted by Crippen LogP contribution is 2.24. The number of nitrogens with one attached hydrogen (secondary N) is 1. The first-order valence-electron chi connectivity index (χ1n) is 5.83. The van der Waals surface area contributed by atoms with Gasteiger partial charge in [-0.1, -0.05) is 6.07 Å². The van der Waals surface area contributed by atoms with Gasteiger partial charge in [-0.05, 0) is 37.1 Å². The number of benzene rings is 1. The summed E-state index contributed by atoms with van der Waals surface area (Å²) in [6.45, 7) is 5.20. The predicted octanol–water partition coefficient (Wildman–Crippen LogP) is 1.93. The molecule has 0 radical (unpaired) electrons.